The van der Waals surface area contributed by atoms with E-state index in [1.165, 1.54) is 15.6 Å². The van der Waals surface area contributed by atoms with E-state index >= 15 is 0 Å². The summed E-state index contributed by atoms with van der Waals surface area (Å²) in [5.41, 5.74) is 1.18. The van der Waals surface area contributed by atoms with Gasteiger partial charge in [0.25, 0.3) is 0 Å². The fourth-order valence-electron chi connectivity index (χ4n) is 3.61. The van der Waals surface area contributed by atoms with E-state index in [1.807, 2.05) is 19.1 Å². The van der Waals surface area contributed by atoms with Crippen molar-refractivity contribution in [1.29, 1.82) is 0 Å². The van der Waals surface area contributed by atoms with Gasteiger partial charge >= 0.3 is 6.03 Å². The zero-order valence-corrected chi connectivity index (χ0v) is 13.4. The minimum absolute atomic E-state index is 0.00402. The van der Waals surface area contributed by atoms with Crippen molar-refractivity contribution in [3.8, 4) is 0 Å². The smallest absolute Gasteiger partial charge is 0.315 e. The number of urea groups is 1. The van der Waals surface area contributed by atoms with Crippen LogP contribution in [0.25, 0.3) is 10.1 Å². The van der Waals surface area contributed by atoms with Gasteiger partial charge in [-0.15, -0.1) is 11.3 Å². The Balaban J connectivity index is 1.41. The molecule has 4 rings (SSSR count). The average Bonchev–Trinajstić information content (AvgIpc) is 3.21. The zero-order chi connectivity index (χ0) is 15.1. The maximum absolute atomic E-state index is 12.2. The molecule has 116 valence electrons. The number of carbonyl (C=O) groups excluding carboxylic acids is 1. The Bertz CT molecular complexity index is 699. The predicted octanol–water partition coefficient (Wildman–Crippen LogP) is 3.58. The summed E-state index contributed by atoms with van der Waals surface area (Å²) in [5, 5.41) is 9.50. The normalized spacial score (nSPS) is 28.0. The number of rotatable bonds is 3. The fraction of sp³-hybridized carbons (Fsp3) is 0.471. The number of amides is 2. The summed E-state index contributed by atoms with van der Waals surface area (Å²) in [4.78, 5) is 12.2. The average molecular weight is 316 g/mol. The molecular weight excluding hydrogens is 296 g/mol. The molecule has 22 heavy (non-hydrogen) atoms. The van der Waals surface area contributed by atoms with Gasteiger partial charge in [-0.2, -0.15) is 0 Å². The highest BCUT2D eigenvalue weighted by molar-refractivity contribution is 7.17. The van der Waals surface area contributed by atoms with Crippen molar-refractivity contribution in [2.45, 2.75) is 50.5 Å². The summed E-state index contributed by atoms with van der Waals surface area (Å²) in [5.74, 6) is 0. The molecule has 2 amide bonds. The molecule has 1 aromatic heterocycles. The number of fused-ring (bicyclic) bond motifs is 3. The Morgan fingerprint density at radius 2 is 2.23 bits per heavy atom. The van der Waals surface area contributed by atoms with Crippen LogP contribution in [-0.2, 0) is 4.74 Å². The molecule has 0 spiro atoms. The number of hydrogen-bond donors (Lipinski definition) is 2. The summed E-state index contributed by atoms with van der Waals surface area (Å²) in [6, 6.07) is 8.38. The first-order chi connectivity index (χ1) is 10.7. The lowest BCUT2D eigenvalue weighted by molar-refractivity contribution is 0.0980. The molecule has 2 aliphatic rings. The lowest BCUT2D eigenvalue weighted by Gasteiger charge is -2.22. The molecule has 2 aromatic rings. The molecule has 3 heterocycles. The van der Waals surface area contributed by atoms with E-state index in [2.05, 4.69) is 28.1 Å². The largest absolute Gasteiger partial charge is 0.373 e. The van der Waals surface area contributed by atoms with E-state index in [4.69, 9.17) is 4.74 Å². The third-order valence-corrected chi connectivity index (χ3v) is 5.73. The lowest BCUT2D eigenvalue weighted by atomic mass is 9.96. The number of thiophene rings is 1. The number of hydrogen-bond acceptors (Lipinski definition) is 3. The van der Waals surface area contributed by atoms with E-state index in [0.717, 1.165) is 19.3 Å². The molecule has 5 heteroatoms. The second kappa shape index (κ2) is 5.56. The van der Waals surface area contributed by atoms with Crippen LogP contribution in [0.1, 0.15) is 37.8 Å². The van der Waals surface area contributed by atoms with Gasteiger partial charge in [0.1, 0.15) is 0 Å². The molecule has 2 N–H and O–H groups in total. The van der Waals surface area contributed by atoms with Crippen molar-refractivity contribution < 1.29 is 9.53 Å². The van der Waals surface area contributed by atoms with Crippen LogP contribution in [0.2, 0.25) is 0 Å². The van der Waals surface area contributed by atoms with Gasteiger partial charge in [0.15, 0.2) is 0 Å². The SMILES string of the molecule is CC(NC(=O)NC1CC2CCC1O2)c1csc2ccccc12. The topological polar surface area (TPSA) is 50.4 Å². The first kappa shape index (κ1) is 14.0. The zero-order valence-electron chi connectivity index (χ0n) is 12.5. The quantitative estimate of drug-likeness (QED) is 0.909. The van der Waals surface area contributed by atoms with Crippen molar-refractivity contribution in [3.05, 3.63) is 35.2 Å². The van der Waals surface area contributed by atoms with Crippen molar-refractivity contribution >= 4 is 27.5 Å². The Labute approximate surface area is 133 Å². The van der Waals surface area contributed by atoms with Gasteiger partial charge in [0, 0.05) is 4.70 Å². The van der Waals surface area contributed by atoms with Crippen molar-refractivity contribution in [1.82, 2.24) is 10.6 Å². The molecule has 1 aromatic carbocycles. The number of nitrogens with one attached hydrogen (secondary N) is 2. The molecule has 0 aliphatic carbocycles. The minimum Gasteiger partial charge on any atom is -0.373 e. The van der Waals surface area contributed by atoms with Crippen LogP contribution >= 0.6 is 11.3 Å². The van der Waals surface area contributed by atoms with Crippen LogP contribution in [0.15, 0.2) is 29.6 Å². The molecule has 2 aliphatic heterocycles. The highest BCUT2D eigenvalue weighted by atomic mass is 32.1. The van der Waals surface area contributed by atoms with Crippen LogP contribution in [0.5, 0.6) is 0 Å². The fourth-order valence-corrected chi connectivity index (χ4v) is 4.66. The molecule has 0 saturated carbocycles. The van der Waals surface area contributed by atoms with Gasteiger partial charge in [-0.1, -0.05) is 18.2 Å². The standard InChI is InChI=1S/C17H20N2O2S/c1-10(13-9-22-16-5-3-2-4-12(13)16)18-17(20)19-14-8-11-6-7-15(14)21-11/h2-5,9-11,14-15H,6-8H2,1H3,(H2,18,19,20). The molecule has 4 atom stereocenters. The Morgan fingerprint density at radius 3 is 3.00 bits per heavy atom. The number of ether oxygens (including phenoxy) is 1. The summed E-state index contributed by atoms with van der Waals surface area (Å²) >= 11 is 1.72. The van der Waals surface area contributed by atoms with E-state index in [1.54, 1.807) is 11.3 Å². The van der Waals surface area contributed by atoms with E-state index in [-0.39, 0.29) is 24.2 Å². The molecule has 2 fully saturated rings. The van der Waals surface area contributed by atoms with Gasteiger partial charge < -0.3 is 15.4 Å². The van der Waals surface area contributed by atoms with Gasteiger partial charge in [-0.05, 0) is 48.6 Å². The van der Waals surface area contributed by atoms with Gasteiger partial charge in [0.05, 0.1) is 24.3 Å². The molecule has 4 unspecified atom stereocenters. The number of benzene rings is 1. The molecule has 2 bridgehead atoms. The summed E-state index contributed by atoms with van der Waals surface area (Å²) < 4.78 is 7.04. The van der Waals surface area contributed by atoms with E-state index in [9.17, 15) is 4.79 Å². The third-order valence-electron chi connectivity index (χ3n) is 4.75. The predicted molar refractivity (Wildman–Crippen MR) is 88.2 cm³/mol. The summed E-state index contributed by atoms with van der Waals surface area (Å²) in [6.07, 6.45) is 3.73. The highest BCUT2D eigenvalue weighted by Crippen LogP contribution is 2.34. The van der Waals surface area contributed by atoms with Gasteiger partial charge in [-0.25, -0.2) is 4.79 Å². The molecular formula is C17H20N2O2S. The lowest BCUT2D eigenvalue weighted by Crippen LogP contribution is -2.46. The minimum atomic E-state index is -0.0936. The highest BCUT2D eigenvalue weighted by Gasteiger charge is 2.41. The van der Waals surface area contributed by atoms with Crippen molar-refractivity contribution in [3.63, 3.8) is 0 Å². The maximum atomic E-state index is 12.2. The Kier molecular flexibility index (Phi) is 3.54. The van der Waals surface area contributed by atoms with E-state index < -0.39 is 0 Å². The molecule has 4 nitrogen and oxygen atoms in total. The molecule has 0 radical (unpaired) electrons. The monoisotopic (exact) mass is 316 g/mol. The molecule has 2 saturated heterocycles. The third kappa shape index (κ3) is 2.48. The number of carbonyl (C=O) groups is 1. The van der Waals surface area contributed by atoms with E-state index in [0.29, 0.717) is 6.10 Å². The first-order valence-corrected chi connectivity index (χ1v) is 8.77. The van der Waals surface area contributed by atoms with Crippen molar-refractivity contribution in [2.24, 2.45) is 0 Å². The summed E-state index contributed by atoms with van der Waals surface area (Å²) in [6.45, 7) is 2.03. The van der Waals surface area contributed by atoms with Crippen LogP contribution in [0, 0.1) is 0 Å². The summed E-state index contributed by atoms with van der Waals surface area (Å²) in [7, 11) is 0. The maximum Gasteiger partial charge on any atom is 0.315 e. The van der Waals surface area contributed by atoms with Gasteiger partial charge in [0.2, 0.25) is 0 Å². The Morgan fingerprint density at radius 1 is 1.36 bits per heavy atom. The first-order valence-electron chi connectivity index (χ1n) is 7.89. The van der Waals surface area contributed by atoms with Crippen LogP contribution in [0.4, 0.5) is 4.79 Å². The Hall–Kier alpha value is -1.59. The van der Waals surface area contributed by atoms with Crippen LogP contribution in [-0.4, -0.2) is 24.3 Å². The van der Waals surface area contributed by atoms with Crippen molar-refractivity contribution in [2.75, 3.05) is 0 Å². The van der Waals surface area contributed by atoms with Crippen LogP contribution in [0.3, 0.4) is 0 Å². The second-order valence-corrected chi connectivity index (χ2v) is 7.15. The second-order valence-electron chi connectivity index (χ2n) is 6.24. The van der Waals surface area contributed by atoms with Crippen LogP contribution < -0.4 is 10.6 Å². The van der Waals surface area contributed by atoms with Gasteiger partial charge in [-0.3, -0.25) is 0 Å².